The first-order chi connectivity index (χ1) is 5.11. The van der Waals surface area contributed by atoms with E-state index >= 15 is 0 Å². The van der Waals surface area contributed by atoms with Crippen LogP contribution in [0.25, 0.3) is 0 Å². The lowest BCUT2D eigenvalue weighted by Gasteiger charge is -2.04. The second kappa shape index (κ2) is 4.39. The minimum atomic E-state index is -1.15. The van der Waals surface area contributed by atoms with Crippen LogP contribution in [0.5, 0.6) is 0 Å². The van der Waals surface area contributed by atoms with Crippen molar-refractivity contribution in [3.8, 4) is 6.07 Å². The fraction of sp³-hybridized carbons (Fsp3) is 0.667. The Morgan fingerprint density at radius 1 is 1.91 bits per heavy atom. The number of nitrogens with one attached hydrogen (secondary N) is 1. The normalized spacial score (nSPS) is 14.5. The molecule has 2 N–H and O–H groups in total. The lowest BCUT2D eigenvalue weighted by molar-refractivity contribution is -0.138. The highest BCUT2D eigenvalue weighted by atomic mass is 16.4. The summed E-state index contributed by atoms with van der Waals surface area (Å²) in [7, 11) is 0. The molecule has 0 heterocycles. The number of carboxylic acid groups (broad SMARTS) is 1. The van der Waals surface area contributed by atoms with Crippen molar-refractivity contribution in [2.45, 2.75) is 19.4 Å². The van der Waals surface area contributed by atoms with Gasteiger partial charge in [0.05, 0.1) is 6.07 Å². The first-order valence-electron chi connectivity index (χ1n) is 3.10. The Bertz CT molecular complexity index is 196. The number of nitrogens with zero attached hydrogens (tertiary/aromatic N) is 2. The number of nitriles is 1. The average molecular weight is 155 g/mol. The molecule has 5 nitrogen and oxygen atoms in total. The van der Waals surface area contributed by atoms with Crippen molar-refractivity contribution in [2.75, 3.05) is 0 Å². The monoisotopic (exact) mass is 155 g/mol. The fourth-order valence-corrected chi connectivity index (χ4v) is 0.596. The Morgan fingerprint density at radius 3 is 2.73 bits per heavy atom. The van der Waals surface area contributed by atoms with Crippen LogP contribution in [-0.4, -0.2) is 17.1 Å². The van der Waals surface area contributed by atoms with Gasteiger partial charge in [0.25, 0.3) is 0 Å². The quantitative estimate of drug-likeness (QED) is 0.593. The highest BCUT2D eigenvalue weighted by Gasteiger charge is 2.18. The average Bonchev–Trinajstić information content (AvgIpc) is 1.99. The summed E-state index contributed by atoms with van der Waals surface area (Å²) in [4.78, 5) is 10.3. The molecule has 2 unspecified atom stereocenters. The van der Waals surface area contributed by atoms with Crippen LogP contribution in [0.4, 0.5) is 0 Å². The van der Waals surface area contributed by atoms with Gasteiger partial charge in [-0.15, -0.1) is 0 Å². The standard InChI is InChI=1S/C6H9N3O2/c1-4(3-7)2-5(9-8)6(10)11/h4-5,8H,2H2,1H3,(H,10,11). The summed E-state index contributed by atoms with van der Waals surface area (Å²) in [5, 5.41) is 19.6. The third-order valence-electron chi connectivity index (χ3n) is 1.24. The Labute approximate surface area is 64.1 Å². The van der Waals surface area contributed by atoms with E-state index in [1.807, 2.05) is 6.07 Å². The molecule has 0 fully saturated rings. The molecular formula is C6H9N3O2. The van der Waals surface area contributed by atoms with Gasteiger partial charge in [-0.25, -0.2) is 10.3 Å². The van der Waals surface area contributed by atoms with Crippen LogP contribution in [0.2, 0.25) is 0 Å². The molecule has 0 aromatic heterocycles. The molecule has 0 rings (SSSR count). The molecule has 0 aromatic rings. The van der Waals surface area contributed by atoms with Gasteiger partial charge in [0.2, 0.25) is 0 Å². The zero-order valence-corrected chi connectivity index (χ0v) is 6.11. The van der Waals surface area contributed by atoms with E-state index in [0.717, 1.165) is 0 Å². The maximum absolute atomic E-state index is 10.3. The highest BCUT2D eigenvalue weighted by molar-refractivity contribution is 5.73. The third-order valence-corrected chi connectivity index (χ3v) is 1.24. The fourth-order valence-electron chi connectivity index (χ4n) is 0.596. The van der Waals surface area contributed by atoms with Gasteiger partial charge in [-0.1, -0.05) is 0 Å². The van der Waals surface area contributed by atoms with Gasteiger partial charge < -0.3 is 5.11 Å². The van der Waals surface area contributed by atoms with Crippen LogP contribution in [-0.2, 0) is 4.79 Å². The molecule has 0 spiro atoms. The lowest BCUT2D eigenvalue weighted by atomic mass is 10.0. The summed E-state index contributed by atoms with van der Waals surface area (Å²) in [6.07, 6.45) is 0.106. The molecule has 0 amide bonds. The predicted octanol–water partition coefficient (Wildman–Crippen LogP) is 1.02. The molecule has 5 heteroatoms. The summed E-state index contributed by atoms with van der Waals surface area (Å²) in [5.74, 6) is -1.52. The van der Waals surface area contributed by atoms with E-state index in [2.05, 4.69) is 5.11 Å². The number of rotatable bonds is 4. The molecule has 0 aliphatic heterocycles. The first kappa shape index (κ1) is 9.56. The molecule has 0 bridgehead atoms. The second-order valence-corrected chi connectivity index (χ2v) is 2.25. The van der Waals surface area contributed by atoms with Crippen molar-refractivity contribution in [1.82, 2.24) is 0 Å². The van der Waals surface area contributed by atoms with Gasteiger partial charge >= 0.3 is 5.97 Å². The van der Waals surface area contributed by atoms with Gasteiger partial charge in [0, 0.05) is 5.92 Å². The molecule has 0 saturated heterocycles. The third kappa shape index (κ3) is 3.30. The van der Waals surface area contributed by atoms with Crippen LogP contribution in [0, 0.1) is 22.8 Å². The summed E-state index contributed by atoms with van der Waals surface area (Å²) in [5.41, 5.74) is 6.49. The van der Waals surface area contributed by atoms with E-state index in [9.17, 15) is 4.79 Å². The van der Waals surface area contributed by atoms with Crippen molar-refractivity contribution in [3.63, 3.8) is 0 Å². The van der Waals surface area contributed by atoms with E-state index in [1.54, 1.807) is 6.92 Å². The predicted molar refractivity (Wildman–Crippen MR) is 36.0 cm³/mol. The van der Waals surface area contributed by atoms with Gasteiger partial charge in [-0.05, 0) is 13.3 Å². The number of carboxylic acids is 1. The summed E-state index contributed by atoms with van der Waals surface area (Å²) < 4.78 is 0. The Hall–Kier alpha value is -1.44. The summed E-state index contributed by atoms with van der Waals surface area (Å²) in [6, 6.07) is 0.813. The number of carbonyl (C=O) groups is 1. The summed E-state index contributed by atoms with van der Waals surface area (Å²) >= 11 is 0. The highest BCUT2D eigenvalue weighted by Crippen LogP contribution is 2.07. The Kier molecular flexibility index (Phi) is 3.81. The largest absolute Gasteiger partial charge is 0.480 e. The van der Waals surface area contributed by atoms with Gasteiger partial charge in [0.15, 0.2) is 6.04 Å². The van der Waals surface area contributed by atoms with Gasteiger partial charge in [0.1, 0.15) is 0 Å². The van der Waals surface area contributed by atoms with Crippen molar-refractivity contribution >= 4 is 5.97 Å². The minimum absolute atomic E-state index is 0.106. The lowest BCUT2D eigenvalue weighted by Crippen LogP contribution is -2.19. The maximum atomic E-state index is 10.3. The van der Waals surface area contributed by atoms with Crippen LogP contribution in [0.1, 0.15) is 13.3 Å². The minimum Gasteiger partial charge on any atom is -0.480 e. The molecule has 0 aliphatic rings. The summed E-state index contributed by atoms with van der Waals surface area (Å²) in [6.45, 7) is 1.60. The van der Waals surface area contributed by atoms with Crippen molar-refractivity contribution in [3.05, 3.63) is 0 Å². The van der Waals surface area contributed by atoms with E-state index < -0.39 is 12.0 Å². The van der Waals surface area contributed by atoms with Gasteiger partial charge in [-0.3, -0.25) is 0 Å². The van der Waals surface area contributed by atoms with Crippen LogP contribution in [0.15, 0.2) is 5.11 Å². The Morgan fingerprint density at radius 2 is 2.45 bits per heavy atom. The first-order valence-corrected chi connectivity index (χ1v) is 3.10. The Balaban J connectivity index is 4.00. The van der Waals surface area contributed by atoms with E-state index in [1.165, 1.54) is 0 Å². The molecule has 0 radical (unpaired) electrons. The van der Waals surface area contributed by atoms with E-state index in [0.29, 0.717) is 0 Å². The zero-order chi connectivity index (χ0) is 8.85. The van der Waals surface area contributed by atoms with Crippen molar-refractivity contribution in [1.29, 1.82) is 10.8 Å². The molecule has 0 saturated carbocycles. The SMILES string of the molecule is CC(C#N)CC(N=N)C(=O)O. The van der Waals surface area contributed by atoms with Crippen LogP contribution >= 0.6 is 0 Å². The second-order valence-electron chi connectivity index (χ2n) is 2.25. The van der Waals surface area contributed by atoms with Crippen LogP contribution in [0.3, 0.4) is 0 Å². The number of aliphatic carboxylic acids is 1. The van der Waals surface area contributed by atoms with E-state index in [-0.39, 0.29) is 12.3 Å². The van der Waals surface area contributed by atoms with Crippen molar-refractivity contribution < 1.29 is 9.90 Å². The van der Waals surface area contributed by atoms with Crippen molar-refractivity contribution in [2.24, 2.45) is 11.0 Å². The molecule has 11 heavy (non-hydrogen) atoms. The van der Waals surface area contributed by atoms with Gasteiger partial charge in [-0.2, -0.15) is 10.4 Å². The molecule has 60 valence electrons. The molecule has 0 aromatic carbocycles. The number of hydrogen-bond donors (Lipinski definition) is 2. The topological polar surface area (TPSA) is 97.3 Å². The number of hydrogen-bond acceptors (Lipinski definition) is 4. The maximum Gasteiger partial charge on any atom is 0.330 e. The molecular weight excluding hydrogens is 146 g/mol. The zero-order valence-electron chi connectivity index (χ0n) is 6.11. The molecule has 0 aliphatic carbocycles. The van der Waals surface area contributed by atoms with Crippen LogP contribution < -0.4 is 0 Å². The van der Waals surface area contributed by atoms with E-state index in [4.69, 9.17) is 15.9 Å². The molecule has 2 atom stereocenters. The smallest absolute Gasteiger partial charge is 0.330 e.